The molecule has 0 amide bonds. The van der Waals surface area contributed by atoms with E-state index < -0.39 is 30.1 Å². The lowest BCUT2D eigenvalue weighted by atomic mass is 9.44. The van der Waals surface area contributed by atoms with Gasteiger partial charge in [-0.05, 0) is 111 Å². The number of hydroxylamine groups is 2. The Balaban J connectivity index is 1.10. The van der Waals surface area contributed by atoms with Crippen molar-refractivity contribution < 1.29 is 39.5 Å². The third kappa shape index (κ3) is 4.63. The van der Waals surface area contributed by atoms with Crippen molar-refractivity contribution in [3.8, 4) is 0 Å². The van der Waals surface area contributed by atoms with Gasteiger partial charge in [-0.15, -0.1) is 0 Å². The Morgan fingerprint density at radius 3 is 2.48 bits per heavy atom. The van der Waals surface area contributed by atoms with E-state index >= 15 is 0 Å². The van der Waals surface area contributed by atoms with Crippen molar-refractivity contribution >= 4 is 5.97 Å². The number of rotatable bonds is 5. The third-order valence-corrected chi connectivity index (χ3v) is 13.5. The highest BCUT2D eigenvalue weighted by Gasteiger charge is 2.66. The molecule has 0 aromatic heterocycles. The molecule has 0 spiro atoms. The monoisotopic (exact) mass is 589 g/mol. The van der Waals surface area contributed by atoms with Crippen molar-refractivity contribution in [3.05, 3.63) is 11.6 Å². The number of aliphatic hydroxyl groups excluding tert-OH is 3. The molecule has 5 saturated carbocycles. The molecule has 0 aromatic rings. The molecule has 1 saturated heterocycles. The minimum absolute atomic E-state index is 0.0272. The molecule has 3 unspecified atom stereocenters. The second kappa shape index (κ2) is 10.8. The highest BCUT2D eigenvalue weighted by molar-refractivity contribution is 5.85. The summed E-state index contributed by atoms with van der Waals surface area (Å²) in [4.78, 5) is 18.4. The van der Waals surface area contributed by atoms with Crippen LogP contribution in [0.3, 0.4) is 0 Å². The molecular weight excluding hydrogens is 538 g/mol. The Morgan fingerprint density at radius 2 is 1.74 bits per heavy atom. The van der Waals surface area contributed by atoms with Crippen LogP contribution in [0.2, 0.25) is 0 Å². The van der Waals surface area contributed by atoms with Crippen LogP contribution in [0.5, 0.6) is 0 Å². The van der Waals surface area contributed by atoms with Crippen LogP contribution in [-0.4, -0.2) is 87.0 Å². The fourth-order valence-electron chi connectivity index (χ4n) is 10.9. The van der Waals surface area contributed by atoms with E-state index in [9.17, 15) is 25.2 Å². The lowest BCUT2D eigenvalue weighted by Crippen LogP contribution is -2.64. The maximum absolute atomic E-state index is 12.5. The quantitative estimate of drug-likeness (QED) is 0.282. The Hall–Kier alpha value is -1.07. The fourth-order valence-corrected chi connectivity index (χ4v) is 10.9. The number of nitrogens with zero attached hydrogens (tertiary/aromatic N) is 1. The summed E-state index contributed by atoms with van der Waals surface area (Å²) in [5.74, 6) is 1.13. The Kier molecular flexibility index (Phi) is 7.60. The largest absolute Gasteiger partial charge is 0.458 e. The van der Waals surface area contributed by atoms with E-state index in [1.807, 2.05) is 5.06 Å². The molecule has 0 aromatic carbocycles. The average molecular weight is 590 g/mol. The van der Waals surface area contributed by atoms with Gasteiger partial charge in [0.1, 0.15) is 24.9 Å². The molecule has 9 heteroatoms. The molecule has 5 aliphatic carbocycles. The molecule has 236 valence electrons. The van der Waals surface area contributed by atoms with Crippen molar-refractivity contribution in [2.75, 3.05) is 13.2 Å². The number of carbonyl (C=O) groups is 1. The Bertz CT molecular complexity index is 1080. The third-order valence-electron chi connectivity index (χ3n) is 13.5. The van der Waals surface area contributed by atoms with Crippen LogP contribution >= 0.6 is 0 Å². The predicted molar refractivity (Wildman–Crippen MR) is 152 cm³/mol. The molecule has 9 nitrogen and oxygen atoms in total. The van der Waals surface area contributed by atoms with Gasteiger partial charge in [-0.3, -0.25) is 4.84 Å². The van der Waals surface area contributed by atoms with Gasteiger partial charge in [-0.25, -0.2) is 4.79 Å². The average Bonchev–Trinajstić information content (AvgIpc) is 3.70. The lowest BCUT2D eigenvalue weighted by molar-refractivity contribution is -0.348. The fraction of sp³-hybridized carbons (Fsp3) is 0.909. The summed E-state index contributed by atoms with van der Waals surface area (Å²) in [6, 6.07) is 0.0574. The smallest absolute Gasteiger partial charge is 0.331 e. The number of hydrogen-bond donors (Lipinski definition) is 4. The van der Waals surface area contributed by atoms with Gasteiger partial charge in [0, 0.05) is 12.1 Å². The minimum Gasteiger partial charge on any atom is -0.458 e. The van der Waals surface area contributed by atoms with E-state index in [-0.39, 0.29) is 47.4 Å². The first kappa shape index (κ1) is 29.6. The van der Waals surface area contributed by atoms with Gasteiger partial charge in [0.2, 0.25) is 0 Å². The van der Waals surface area contributed by atoms with Crippen LogP contribution in [-0.2, 0) is 19.1 Å². The second-order valence-corrected chi connectivity index (χ2v) is 15.5. The lowest BCUT2D eigenvalue weighted by Gasteiger charge is -2.63. The molecule has 0 radical (unpaired) electrons. The van der Waals surface area contributed by atoms with E-state index in [4.69, 9.17) is 14.3 Å². The van der Waals surface area contributed by atoms with E-state index in [1.54, 1.807) is 6.08 Å². The standard InChI is InChI=1S/C33H51NO8/c1-31-11-10-24-25(33(31,39)16-20(15-31)19-13-27(36)40-17-19)8-7-21-14-22(9-12-32(21,24)2)34(42-23-5-3-4-6-23)30-29(38)28(37)26(35)18-41-30/h13,20-26,28-30,35,37-39H,3-12,14-18H2,1-2H3/t20-,21?,22+,24?,25?,26+,28-,29+,30+,31-,32+,33+/m1/s1. The number of carbonyl (C=O) groups excluding carboxylic acids is 1. The van der Waals surface area contributed by atoms with Crippen LogP contribution in [0, 0.1) is 34.5 Å². The Morgan fingerprint density at radius 1 is 0.952 bits per heavy atom. The molecular formula is C33H51NO8. The molecule has 2 heterocycles. The summed E-state index contributed by atoms with van der Waals surface area (Å²) in [7, 11) is 0. The molecule has 6 fully saturated rings. The summed E-state index contributed by atoms with van der Waals surface area (Å²) >= 11 is 0. The molecule has 2 aliphatic heterocycles. The molecule has 7 rings (SSSR count). The molecule has 42 heavy (non-hydrogen) atoms. The number of esters is 1. The first-order chi connectivity index (χ1) is 20.0. The first-order valence-corrected chi connectivity index (χ1v) is 16.7. The number of ether oxygens (including phenoxy) is 2. The van der Waals surface area contributed by atoms with E-state index in [0.717, 1.165) is 89.0 Å². The normalized spacial score (nSPS) is 51.2. The van der Waals surface area contributed by atoms with Gasteiger partial charge < -0.3 is 29.9 Å². The van der Waals surface area contributed by atoms with Crippen molar-refractivity contribution in [1.29, 1.82) is 0 Å². The summed E-state index contributed by atoms with van der Waals surface area (Å²) in [5, 5.41) is 46.0. The Labute approximate surface area is 249 Å². The molecule has 12 atom stereocenters. The van der Waals surface area contributed by atoms with E-state index in [1.165, 1.54) is 0 Å². The minimum atomic E-state index is -1.26. The van der Waals surface area contributed by atoms with Crippen molar-refractivity contribution in [2.24, 2.45) is 34.5 Å². The van der Waals surface area contributed by atoms with Crippen molar-refractivity contribution in [1.82, 2.24) is 5.06 Å². The van der Waals surface area contributed by atoms with Crippen LogP contribution in [0.4, 0.5) is 0 Å². The maximum Gasteiger partial charge on any atom is 0.331 e. The van der Waals surface area contributed by atoms with Gasteiger partial charge in [-0.1, -0.05) is 26.7 Å². The highest BCUT2D eigenvalue weighted by Crippen LogP contribution is 2.69. The van der Waals surface area contributed by atoms with E-state index in [2.05, 4.69) is 13.8 Å². The SMILES string of the molecule is C[C@]12CC[C@H](N(OC3CCCC3)[C@H]3OC[C@H](O)[C@@H](O)[C@@H]3O)CC1CCC1C2CC[C@]2(C)C[C@@H](C3=CC(=O)OC3)C[C@]12O. The van der Waals surface area contributed by atoms with Gasteiger partial charge in [0.05, 0.1) is 18.3 Å². The summed E-state index contributed by atoms with van der Waals surface area (Å²) in [6.07, 6.45) is 10.3. The number of cyclic esters (lactones) is 1. The number of fused-ring (bicyclic) bond motifs is 5. The number of hydrogen-bond acceptors (Lipinski definition) is 9. The summed E-state index contributed by atoms with van der Waals surface area (Å²) in [5.41, 5.74) is 0.304. The van der Waals surface area contributed by atoms with Crippen molar-refractivity contribution in [3.63, 3.8) is 0 Å². The van der Waals surface area contributed by atoms with Crippen molar-refractivity contribution in [2.45, 2.75) is 140 Å². The summed E-state index contributed by atoms with van der Waals surface area (Å²) in [6.45, 7) is 5.09. The second-order valence-electron chi connectivity index (χ2n) is 15.5. The summed E-state index contributed by atoms with van der Waals surface area (Å²) < 4.78 is 11.2. The van der Waals surface area contributed by atoms with Crippen LogP contribution in [0.25, 0.3) is 0 Å². The van der Waals surface area contributed by atoms with E-state index in [0.29, 0.717) is 18.4 Å². The molecule has 4 N–H and O–H groups in total. The maximum atomic E-state index is 12.5. The predicted octanol–water partition coefficient (Wildman–Crippen LogP) is 3.23. The van der Waals surface area contributed by atoms with Crippen LogP contribution < -0.4 is 0 Å². The molecule has 7 aliphatic rings. The van der Waals surface area contributed by atoms with Gasteiger partial charge in [0.25, 0.3) is 0 Å². The molecule has 0 bridgehead atoms. The topological polar surface area (TPSA) is 129 Å². The zero-order valence-corrected chi connectivity index (χ0v) is 25.3. The highest BCUT2D eigenvalue weighted by atomic mass is 16.7. The zero-order valence-electron chi connectivity index (χ0n) is 25.3. The van der Waals surface area contributed by atoms with Crippen LogP contribution in [0.1, 0.15) is 97.3 Å². The van der Waals surface area contributed by atoms with Crippen LogP contribution in [0.15, 0.2) is 11.6 Å². The van der Waals surface area contributed by atoms with Gasteiger partial charge >= 0.3 is 5.97 Å². The first-order valence-electron chi connectivity index (χ1n) is 16.7. The zero-order chi connectivity index (χ0) is 29.4. The van der Waals surface area contributed by atoms with Gasteiger partial charge in [-0.2, -0.15) is 5.06 Å². The number of aliphatic hydroxyl groups is 4. The van der Waals surface area contributed by atoms with Gasteiger partial charge in [0.15, 0.2) is 6.23 Å².